The molecule has 31 heavy (non-hydrogen) atoms. The molecule has 0 radical (unpaired) electrons. The molecular weight excluding hydrogens is 410 g/mol. The third-order valence-electron chi connectivity index (χ3n) is 5.80. The lowest BCUT2D eigenvalue weighted by Crippen LogP contribution is -2.44. The summed E-state index contributed by atoms with van der Waals surface area (Å²) in [6, 6.07) is 15.0. The van der Waals surface area contributed by atoms with Gasteiger partial charge < -0.3 is 9.64 Å². The predicted octanol–water partition coefficient (Wildman–Crippen LogP) is 4.28. The molecule has 1 unspecified atom stereocenters. The van der Waals surface area contributed by atoms with Crippen LogP contribution in [0.5, 0.6) is 5.75 Å². The van der Waals surface area contributed by atoms with Crippen LogP contribution in [0.1, 0.15) is 32.6 Å². The lowest BCUT2D eigenvalue weighted by atomic mass is 10.0. The molecular formula is C24H27N3O3S. The highest BCUT2D eigenvalue weighted by Crippen LogP contribution is 2.26. The van der Waals surface area contributed by atoms with Crippen LogP contribution in [-0.4, -0.2) is 45.8 Å². The predicted molar refractivity (Wildman–Crippen MR) is 124 cm³/mol. The molecule has 7 heteroatoms. The summed E-state index contributed by atoms with van der Waals surface area (Å²) in [5, 5.41) is 1.05. The number of amides is 1. The number of carbonyl (C=O) groups excluding carboxylic acids is 1. The summed E-state index contributed by atoms with van der Waals surface area (Å²) in [6.45, 7) is 2.94. The van der Waals surface area contributed by atoms with E-state index in [0.29, 0.717) is 33.5 Å². The number of para-hydroxylation sites is 1. The van der Waals surface area contributed by atoms with Crippen molar-refractivity contribution in [2.75, 3.05) is 19.4 Å². The van der Waals surface area contributed by atoms with Crippen LogP contribution in [0.4, 0.5) is 0 Å². The molecule has 0 bridgehead atoms. The second-order valence-corrected chi connectivity index (χ2v) is 8.63. The van der Waals surface area contributed by atoms with E-state index in [1.54, 1.807) is 17.7 Å². The molecule has 1 aliphatic rings. The highest BCUT2D eigenvalue weighted by Gasteiger charge is 2.26. The minimum absolute atomic E-state index is 0.108. The molecule has 0 saturated carbocycles. The lowest BCUT2D eigenvalue weighted by molar-refractivity contribution is -0.132. The standard InChI is InChI=1S/C24H27N3O3S/c1-3-17-9-6-7-14-26(17)22(28)16-31-24-25-21-13-5-4-12-20(21)23(29)27(24)18-10-8-11-19(15-18)30-2/h4-5,8,10-13,15,17H,3,6-7,9,14,16H2,1-2H3. The van der Waals surface area contributed by atoms with Crippen LogP contribution in [-0.2, 0) is 4.79 Å². The fraction of sp³-hybridized carbons (Fsp3) is 0.375. The number of ether oxygens (including phenoxy) is 1. The van der Waals surface area contributed by atoms with Crippen LogP contribution in [0.2, 0.25) is 0 Å². The zero-order valence-electron chi connectivity index (χ0n) is 17.9. The second kappa shape index (κ2) is 9.56. The Hall–Kier alpha value is -2.80. The molecule has 0 N–H and O–H groups in total. The number of aromatic nitrogens is 2. The van der Waals surface area contributed by atoms with Crippen LogP contribution in [0.15, 0.2) is 58.5 Å². The molecule has 1 aromatic heterocycles. The van der Waals surface area contributed by atoms with Crippen LogP contribution >= 0.6 is 11.8 Å². The van der Waals surface area contributed by atoms with Crippen molar-refractivity contribution in [3.8, 4) is 11.4 Å². The van der Waals surface area contributed by atoms with Gasteiger partial charge in [0.2, 0.25) is 5.91 Å². The van der Waals surface area contributed by atoms with Crippen molar-refractivity contribution in [3.63, 3.8) is 0 Å². The van der Waals surface area contributed by atoms with Gasteiger partial charge in [-0.25, -0.2) is 4.98 Å². The molecule has 0 aliphatic carbocycles. The molecule has 1 fully saturated rings. The molecule has 3 aromatic rings. The Morgan fingerprint density at radius 3 is 2.84 bits per heavy atom. The Kier molecular flexibility index (Phi) is 6.61. The van der Waals surface area contributed by atoms with Gasteiger partial charge in [-0.2, -0.15) is 0 Å². The molecule has 2 aromatic carbocycles. The summed E-state index contributed by atoms with van der Waals surface area (Å²) in [6.07, 6.45) is 4.27. The normalized spacial score (nSPS) is 16.5. The van der Waals surface area contributed by atoms with Crippen molar-refractivity contribution in [3.05, 3.63) is 58.9 Å². The van der Waals surface area contributed by atoms with E-state index in [4.69, 9.17) is 9.72 Å². The summed E-state index contributed by atoms with van der Waals surface area (Å²) in [5.41, 5.74) is 1.14. The maximum Gasteiger partial charge on any atom is 0.266 e. The SMILES string of the molecule is CCC1CCCCN1C(=O)CSc1nc2ccccc2c(=O)n1-c1cccc(OC)c1. The quantitative estimate of drug-likeness (QED) is 0.425. The van der Waals surface area contributed by atoms with Crippen molar-refractivity contribution in [2.24, 2.45) is 0 Å². The summed E-state index contributed by atoms with van der Waals surface area (Å²) >= 11 is 1.32. The van der Waals surface area contributed by atoms with Gasteiger partial charge in [0, 0.05) is 18.7 Å². The van der Waals surface area contributed by atoms with Crippen molar-refractivity contribution < 1.29 is 9.53 Å². The van der Waals surface area contributed by atoms with Crippen molar-refractivity contribution in [1.82, 2.24) is 14.5 Å². The number of carbonyl (C=O) groups is 1. The number of benzene rings is 2. The molecule has 4 rings (SSSR count). The van der Waals surface area contributed by atoms with E-state index in [2.05, 4.69) is 6.92 Å². The first-order valence-electron chi connectivity index (χ1n) is 10.7. The first-order valence-corrected chi connectivity index (χ1v) is 11.7. The van der Waals surface area contributed by atoms with E-state index in [9.17, 15) is 9.59 Å². The number of nitrogens with zero attached hydrogens (tertiary/aromatic N) is 3. The maximum atomic E-state index is 13.4. The highest BCUT2D eigenvalue weighted by atomic mass is 32.2. The Labute approximate surface area is 186 Å². The zero-order valence-corrected chi connectivity index (χ0v) is 18.7. The topological polar surface area (TPSA) is 64.4 Å². The van der Waals surface area contributed by atoms with E-state index in [1.165, 1.54) is 18.2 Å². The van der Waals surface area contributed by atoms with Crippen LogP contribution in [0, 0.1) is 0 Å². The number of hydrogen-bond donors (Lipinski definition) is 0. The Morgan fingerprint density at radius 2 is 2.03 bits per heavy atom. The maximum absolute atomic E-state index is 13.4. The molecule has 6 nitrogen and oxygen atoms in total. The third kappa shape index (κ3) is 4.46. The average Bonchev–Trinajstić information content (AvgIpc) is 2.82. The van der Waals surface area contributed by atoms with Gasteiger partial charge >= 0.3 is 0 Å². The van der Waals surface area contributed by atoms with Gasteiger partial charge in [-0.3, -0.25) is 14.2 Å². The van der Waals surface area contributed by atoms with Crippen LogP contribution < -0.4 is 10.3 Å². The fourth-order valence-electron chi connectivity index (χ4n) is 4.15. The van der Waals surface area contributed by atoms with Gasteiger partial charge in [-0.05, 0) is 49.9 Å². The number of hydrogen-bond acceptors (Lipinski definition) is 5. The summed E-state index contributed by atoms with van der Waals surface area (Å²) in [7, 11) is 1.59. The van der Waals surface area contributed by atoms with Gasteiger partial charge in [-0.1, -0.05) is 36.9 Å². The lowest BCUT2D eigenvalue weighted by Gasteiger charge is -2.35. The minimum Gasteiger partial charge on any atom is -0.497 e. The van der Waals surface area contributed by atoms with E-state index >= 15 is 0 Å². The number of rotatable bonds is 6. The smallest absolute Gasteiger partial charge is 0.266 e. The van der Waals surface area contributed by atoms with E-state index < -0.39 is 0 Å². The largest absolute Gasteiger partial charge is 0.497 e. The summed E-state index contributed by atoms with van der Waals surface area (Å²) < 4.78 is 6.92. The summed E-state index contributed by atoms with van der Waals surface area (Å²) in [5.74, 6) is 1.02. The monoisotopic (exact) mass is 437 g/mol. The number of thioether (sulfide) groups is 1. The van der Waals surface area contributed by atoms with Gasteiger partial charge in [-0.15, -0.1) is 0 Å². The van der Waals surface area contributed by atoms with Gasteiger partial charge in [0.15, 0.2) is 5.16 Å². The number of methoxy groups -OCH3 is 1. The van der Waals surface area contributed by atoms with Crippen LogP contribution in [0.3, 0.4) is 0 Å². The number of likely N-dealkylation sites (tertiary alicyclic amines) is 1. The summed E-state index contributed by atoms with van der Waals surface area (Å²) in [4.78, 5) is 33.1. The molecule has 1 saturated heterocycles. The van der Waals surface area contributed by atoms with Crippen molar-refractivity contribution in [2.45, 2.75) is 43.8 Å². The average molecular weight is 438 g/mol. The highest BCUT2D eigenvalue weighted by molar-refractivity contribution is 7.99. The second-order valence-electron chi connectivity index (χ2n) is 7.69. The zero-order chi connectivity index (χ0) is 21.8. The van der Waals surface area contributed by atoms with Gasteiger partial charge in [0.25, 0.3) is 5.56 Å². The van der Waals surface area contributed by atoms with Gasteiger partial charge in [0.1, 0.15) is 5.75 Å². The molecule has 0 spiro atoms. The first kappa shape index (κ1) is 21.4. The van der Waals surface area contributed by atoms with E-state index in [0.717, 1.165) is 25.8 Å². The van der Waals surface area contributed by atoms with E-state index in [-0.39, 0.29) is 17.2 Å². The van der Waals surface area contributed by atoms with Crippen molar-refractivity contribution in [1.29, 1.82) is 0 Å². The van der Waals surface area contributed by atoms with Gasteiger partial charge in [0.05, 0.1) is 29.5 Å². The molecule has 1 amide bonds. The molecule has 2 heterocycles. The van der Waals surface area contributed by atoms with Crippen LogP contribution in [0.25, 0.3) is 16.6 Å². The Bertz CT molecular complexity index is 1140. The number of fused-ring (bicyclic) bond motifs is 1. The Balaban J connectivity index is 1.70. The fourth-order valence-corrected chi connectivity index (χ4v) is 5.05. The van der Waals surface area contributed by atoms with E-state index in [1.807, 2.05) is 47.4 Å². The number of piperidine rings is 1. The molecule has 162 valence electrons. The Morgan fingerprint density at radius 1 is 1.19 bits per heavy atom. The molecule has 1 atom stereocenters. The third-order valence-corrected chi connectivity index (χ3v) is 6.72. The van der Waals surface area contributed by atoms with Crippen molar-refractivity contribution >= 4 is 28.6 Å². The minimum atomic E-state index is -0.154. The first-order chi connectivity index (χ1) is 15.1. The molecule has 1 aliphatic heterocycles.